The first-order chi connectivity index (χ1) is 8.36. The number of hydrogen-bond acceptors (Lipinski definition) is 5. The Hall–Kier alpha value is 0.190. The Morgan fingerprint density at radius 1 is 1.18 bits per heavy atom. The molecule has 0 saturated carbocycles. The second-order valence-corrected chi connectivity index (χ2v) is 5.22. The topological polar surface area (TPSA) is 33.7 Å². The second kappa shape index (κ2) is 10.1. The van der Waals surface area contributed by atoms with E-state index in [0.29, 0.717) is 13.2 Å². The van der Waals surface area contributed by atoms with E-state index < -0.39 is 0 Å². The van der Waals surface area contributed by atoms with Crippen molar-refractivity contribution in [3.8, 4) is 0 Å². The predicted octanol–water partition coefficient (Wildman–Crippen LogP) is 1.02. The minimum absolute atomic E-state index is 0.0955. The van der Waals surface area contributed by atoms with Crippen LogP contribution in [0.1, 0.15) is 13.8 Å². The first kappa shape index (κ1) is 15.2. The molecule has 0 aromatic carbocycles. The summed E-state index contributed by atoms with van der Waals surface area (Å²) in [6.45, 7) is 10.8. The van der Waals surface area contributed by atoms with Gasteiger partial charge < -0.3 is 19.7 Å². The van der Waals surface area contributed by atoms with Gasteiger partial charge in [0.25, 0.3) is 0 Å². The van der Waals surface area contributed by atoms with E-state index in [9.17, 15) is 0 Å². The van der Waals surface area contributed by atoms with Gasteiger partial charge >= 0.3 is 0 Å². The van der Waals surface area contributed by atoms with Gasteiger partial charge in [0.15, 0.2) is 6.29 Å². The van der Waals surface area contributed by atoms with Crippen molar-refractivity contribution in [2.45, 2.75) is 20.1 Å². The van der Waals surface area contributed by atoms with Crippen LogP contribution in [0, 0.1) is 0 Å². The van der Waals surface area contributed by atoms with Crippen molar-refractivity contribution in [2.75, 3.05) is 57.4 Å². The van der Waals surface area contributed by atoms with Crippen LogP contribution in [0.3, 0.4) is 0 Å². The van der Waals surface area contributed by atoms with Gasteiger partial charge in [-0.3, -0.25) is 0 Å². The summed E-state index contributed by atoms with van der Waals surface area (Å²) in [5.74, 6) is 2.56. The van der Waals surface area contributed by atoms with Gasteiger partial charge in [-0.2, -0.15) is 11.8 Å². The van der Waals surface area contributed by atoms with E-state index in [-0.39, 0.29) is 6.29 Å². The van der Waals surface area contributed by atoms with E-state index in [2.05, 4.69) is 22.0 Å². The Balaban J connectivity index is 2.00. The number of ether oxygens (including phenoxy) is 2. The zero-order valence-corrected chi connectivity index (χ0v) is 11.9. The molecular formula is C12H26N2O2S. The maximum absolute atomic E-state index is 5.47. The molecule has 5 heteroatoms. The Morgan fingerprint density at radius 2 is 1.82 bits per heavy atom. The van der Waals surface area contributed by atoms with Crippen molar-refractivity contribution in [3.63, 3.8) is 0 Å². The lowest BCUT2D eigenvalue weighted by Crippen LogP contribution is -2.40. The molecule has 1 saturated heterocycles. The predicted molar refractivity (Wildman–Crippen MR) is 73.7 cm³/mol. The van der Waals surface area contributed by atoms with Crippen LogP contribution < -0.4 is 5.32 Å². The Morgan fingerprint density at radius 3 is 2.41 bits per heavy atom. The summed E-state index contributed by atoms with van der Waals surface area (Å²) in [7, 11) is 0. The molecule has 0 radical (unpaired) electrons. The fraction of sp³-hybridized carbons (Fsp3) is 1.00. The van der Waals surface area contributed by atoms with Crippen molar-refractivity contribution in [3.05, 3.63) is 0 Å². The largest absolute Gasteiger partial charge is 0.352 e. The normalized spacial score (nSPS) is 17.8. The van der Waals surface area contributed by atoms with Crippen LogP contribution in [0.5, 0.6) is 0 Å². The molecular weight excluding hydrogens is 236 g/mol. The summed E-state index contributed by atoms with van der Waals surface area (Å²) in [5.41, 5.74) is 0. The molecule has 0 atom stereocenters. The molecule has 0 aromatic heterocycles. The van der Waals surface area contributed by atoms with Gasteiger partial charge in [-0.25, -0.2) is 0 Å². The summed E-state index contributed by atoms with van der Waals surface area (Å²) < 4.78 is 10.9. The molecule has 1 rings (SSSR count). The standard InChI is InChI=1S/C12H26N2O2S/c1-3-15-12(16-4-2)11-13-5-6-14-7-9-17-10-8-14/h12-13H,3-11H2,1-2H3. The lowest BCUT2D eigenvalue weighted by molar-refractivity contribution is -0.132. The Kier molecular flexibility index (Phi) is 9.10. The third-order valence-corrected chi connectivity index (χ3v) is 3.67. The van der Waals surface area contributed by atoms with Crippen LogP contribution in [-0.4, -0.2) is 68.6 Å². The molecule has 17 heavy (non-hydrogen) atoms. The average molecular weight is 262 g/mol. The minimum atomic E-state index is -0.0955. The lowest BCUT2D eigenvalue weighted by Gasteiger charge is -2.26. The van der Waals surface area contributed by atoms with Crippen molar-refractivity contribution in [2.24, 2.45) is 0 Å². The summed E-state index contributed by atoms with van der Waals surface area (Å²) in [5, 5.41) is 3.40. The Labute approximate surface area is 109 Å². The molecule has 1 aliphatic rings. The van der Waals surface area contributed by atoms with Crippen LogP contribution in [0.2, 0.25) is 0 Å². The SMILES string of the molecule is CCOC(CNCCN1CCSCC1)OCC. The van der Waals surface area contributed by atoms with Crippen molar-refractivity contribution in [1.29, 1.82) is 0 Å². The van der Waals surface area contributed by atoms with Crippen LogP contribution in [0.15, 0.2) is 0 Å². The third kappa shape index (κ3) is 7.26. The van der Waals surface area contributed by atoms with Gasteiger partial charge in [0.2, 0.25) is 0 Å². The van der Waals surface area contributed by atoms with Gasteiger partial charge in [0.1, 0.15) is 0 Å². The smallest absolute Gasteiger partial charge is 0.169 e. The highest BCUT2D eigenvalue weighted by Crippen LogP contribution is 2.07. The van der Waals surface area contributed by atoms with Crippen LogP contribution in [-0.2, 0) is 9.47 Å². The van der Waals surface area contributed by atoms with Crippen LogP contribution in [0.4, 0.5) is 0 Å². The fourth-order valence-electron chi connectivity index (χ4n) is 1.82. The van der Waals surface area contributed by atoms with Crippen LogP contribution >= 0.6 is 11.8 Å². The second-order valence-electron chi connectivity index (χ2n) is 4.00. The van der Waals surface area contributed by atoms with Crippen molar-refractivity contribution >= 4 is 11.8 Å². The number of hydrogen-bond donors (Lipinski definition) is 1. The van der Waals surface area contributed by atoms with Gasteiger partial charge in [-0.05, 0) is 13.8 Å². The van der Waals surface area contributed by atoms with Crippen molar-refractivity contribution < 1.29 is 9.47 Å². The van der Waals surface area contributed by atoms with Gasteiger partial charge in [0, 0.05) is 57.4 Å². The highest BCUT2D eigenvalue weighted by atomic mass is 32.2. The molecule has 1 heterocycles. The van der Waals surface area contributed by atoms with Gasteiger partial charge in [-0.1, -0.05) is 0 Å². The molecule has 0 spiro atoms. The van der Waals surface area contributed by atoms with E-state index in [4.69, 9.17) is 9.47 Å². The molecule has 1 aliphatic heterocycles. The average Bonchev–Trinajstić information content (AvgIpc) is 2.36. The van der Waals surface area contributed by atoms with E-state index in [1.807, 2.05) is 13.8 Å². The number of nitrogens with one attached hydrogen (secondary N) is 1. The summed E-state index contributed by atoms with van der Waals surface area (Å²) in [6, 6.07) is 0. The van der Waals surface area contributed by atoms with E-state index in [1.165, 1.54) is 24.6 Å². The molecule has 102 valence electrons. The number of rotatable bonds is 9. The number of nitrogens with zero attached hydrogens (tertiary/aromatic N) is 1. The molecule has 1 N–H and O–H groups in total. The first-order valence-corrected chi connectivity index (χ1v) is 7.76. The zero-order valence-electron chi connectivity index (χ0n) is 11.1. The minimum Gasteiger partial charge on any atom is -0.352 e. The van der Waals surface area contributed by atoms with E-state index in [1.54, 1.807) is 0 Å². The quantitative estimate of drug-likeness (QED) is 0.496. The Bertz CT molecular complexity index is 172. The van der Waals surface area contributed by atoms with Gasteiger partial charge in [0.05, 0.1) is 0 Å². The van der Waals surface area contributed by atoms with E-state index >= 15 is 0 Å². The fourth-order valence-corrected chi connectivity index (χ4v) is 2.80. The maximum atomic E-state index is 5.47. The summed E-state index contributed by atoms with van der Waals surface area (Å²) in [6.07, 6.45) is -0.0955. The van der Waals surface area contributed by atoms with Crippen molar-refractivity contribution in [1.82, 2.24) is 10.2 Å². The van der Waals surface area contributed by atoms with Gasteiger partial charge in [-0.15, -0.1) is 0 Å². The third-order valence-electron chi connectivity index (χ3n) is 2.72. The summed E-state index contributed by atoms with van der Waals surface area (Å²) in [4.78, 5) is 2.51. The highest BCUT2D eigenvalue weighted by molar-refractivity contribution is 7.99. The molecule has 4 nitrogen and oxygen atoms in total. The lowest BCUT2D eigenvalue weighted by atomic mass is 10.4. The highest BCUT2D eigenvalue weighted by Gasteiger charge is 2.10. The molecule has 0 aliphatic carbocycles. The summed E-state index contributed by atoms with van der Waals surface area (Å²) >= 11 is 2.05. The van der Waals surface area contributed by atoms with E-state index in [0.717, 1.165) is 19.6 Å². The molecule has 0 aromatic rings. The molecule has 0 amide bonds. The molecule has 1 fully saturated rings. The van der Waals surface area contributed by atoms with Crippen LogP contribution in [0.25, 0.3) is 0 Å². The molecule has 0 bridgehead atoms. The maximum Gasteiger partial charge on any atom is 0.169 e. The molecule has 0 unspecified atom stereocenters. The zero-order chi connectivity index (χ0) is 12.3. The first-order valence-electron chi connectivity index (χ1n) is 6.60. The number of thioether (sulfide) groups is 1. The monoisotopic (exact) mass is 262 g/mol.